The van der Waals surface area contributed by atoms with E-state index in [0.29, 0.717) is 18.8 Å². The smallest absolute Gasteiger partial charge is 0.245 e. The fourth-order valence-corrected chi connectivity index (χ4v) is 2.80. The van der Waals surface area contributed by atoms with Crippen LogP contribution in [0.4, 0.5) is 4.39 Å². The van der Waals surface area contributed by atoms with Crippen molar-refractivity contribution in [3.63, 3.8) is 0 Å². The van der Waals surface area contributed by atoms with Gasteiger partial charge in [0, 0.05) is 19.6 Å². The van der Waals surface area contributed by atoms with E-state index in [9.17, 15) is 9.18 Å². The number of amides is 1. The van der Waals surface area contributed by atoms with Gasteiger partial charge in [0.15, 0.2) is 0 Å². The molecule has 0 saturated carbocycles. The average Bonchev–Trinajstić information content (AvgIpc) is 3.24. The van der Waals surface area contributed by atoms with Crippen molar-refractivity contribution in [2.24, 2.45) is 0 Å². The molecule has 128 valence electrons. The number of carbonyl (C=O) groups excluding carboxylic acids is 1. The minimum absolute atomic E-state index is 0.0652. The first-order valence-electron chi connectivity index (χ1n) is 8.01. The average molecular weight is 333 g/mol. The molecule has 2 atom stereocenters. The fourth-order valence-electron chi connectivity index (χ4n) is 2.80. The highest BCUT2D eigenvalue weighted by molar-refractivity contribution is 5.80. The highest BCUT2D eigenvalue weighted by atomic mass is 19.1. The molecule has 8 heteroatoms. The summed E-state index contributed by atoms with van der Waals surface area (Å²) in [6.07, 6.45) is 2.41. The molecule has 1 amide bonds. The van der Waals surface area contributed by atoms with Crippen molar-refractivity contribution in [1.29, 1.82) is 0 Å². The van der Waals surface area contributed by atoms with Gasteiger partial charge in [-0.25, -0.2) is 9.07 Å². The second kappa shape index (κ2) is 7.48. The molecule has 0 radical (unpaired) electrons. The second-order valence-electron chi connectivity index (χ2n) is 5.90. The lowest BCUT2D eigenvalue weighted by atomic mass is 10.0. The summed E-state index contributed by atoms with van der Waals surface area (Å²) in [5.74, 6) is 0.0661. The Balaban J connectivity index is 1.72. The summed E-state index contributed by atoms with van der Waals surface area (Å²) in [6.45, 7) is 2.95. The minimum atomic E-state index is -0.591. The van der Waals surface area contributed by atoms with Crippen molar-refractivity contribution in [2.75, 3.05) is 13.2 Å². The minimum Gasteiger partial charge on any atom is -0.376 e. The van der Waals surface area contributed by atoms with E-state index in [1.807, 2.05) is 0 Å². The largest absolute Gasteiger partial charge is 0.376 e. The van der Waals surface area contributed by atoms with Crippen LogP contribution in [0.5, 0.6) is 0 Å². The number of aryl methyl sites for hydroxylation is 1. The number of halogens is 1. The van der Waals surface area contributed by atoms with Gasteiger partial charge in [0.25, 0.3) is 0 Å². The van der Waals surface area contributed by atoms with Gasteiger partial charge in [-0.2, -0.15) is 0 Å². The zero-order valence-electron chi connectivity index (χ0n) is 13.5. The van der Waals surface area contributed by atoms with Gasteiger partial charge in [0.2, 0.25) is 5.91 Å². The van der Waals surface area contributed by atoms with Crippen LogP contribution in [-0.4, -0.2) is 45.4 Å². The van der Waals surface area contributed by atoms with Crippen molar-refractivity contribution < 1.29 is 13.9 Å². The molecule has 0 aliphatic carbocycles. The number of rotatable bonds is 6. The zero-order chi connectivity index (χ0) is 16.9. The first-order valence-corrected chi connectivity index (χ1v) is 8.01. The maximum Gasteiger partial charge on any atom is 0.245 e. The van der Waals surface area contributed by atoms with Crippen LogP contribution in [-0.2, 0) is 16.0 Å². The van der Waals surface area contributed by atoms with Crippen LogP contribution in [0.1, 0.15) is 30.3 Å². The number of tetrazole rings is 1. The maximum absolute atomic E-state index is 13.1. The predicted octanol–water partition coefficient (Wildman–Crippen LogP) is 1.20. The third kappa shape index (κ3) is 3.94. The topological polar surface area (TPSA) is 81.9 Å². The van der Waals surface area contributed by atoms with Gasteiger partial charge in [-0.15, -0.1) is 5.10 Å². The van der Waals surface area contributed by atoms with Gasteiger partial charge >= 0.3 is 0 Å². The summed E-state index contributed by atoms with van der Waals surface area (Å²) in [4.78, 5) is 12.7. The van der Waals surface area contributed by atoms with Gasteiger partial charge in [0.05, 0.1) is 6.10 Å². The molecule has 1 aromatic heterocycles. The second-order valence-corrected chi connectivity index (χ2v) is 5.90. The molecule has 3 rings (SSSR count). The SMILES string of the molecule is Cc1nnnn1[C@@H](Cc1ccc(F)cc1)C(=O)NC[C@H]1CCCO1. The van der Waals surface area contributed by atoms with Crippen LogP contribution in [0.25, 0.3) is 0 Å². The molecule has 7 nitrogen and oxygen atoms in total. The quantitative estimate of drug-likeness (QED) is 0.859. The van der Waals surface area contributed by atoms with Crippen LogP contribution < -0.4 is 5.32 Å². The highest BCUT2D eigenvalue weighted by Crippen LogP contribution is 2.16. The van der Waals surface area contributed by atoms with E-state index in [1.165, 1.54) is 16.8 Å². The monoisotopic (exact) mass is 333 g/mol. The fraction of sp³-hybridized carbons (Fsp3) is 0.500. The number of nitrogens with zero attached hydrogens (tertiary/aromatic N) is 4. The van der Waals surface area contributed by atoms with Crippen molar-refractivity contribution >= 4 is 5.91 Å². The van der Waals surface area contributed by atoms with Crippen LogP contribution in [0.3, 0.4) is 0 Å². The van der Waals surface area contributed by atoms with Crippen LogP contribution >= 0.6 is 0 Å². The third-order valence-electron chi connectivity index (χ3n) is 4.13. The number of hydrogen-bond acceptors (Lipinski definition) is 5. The van der Waals surface area contributed by atoms with E-state index in [0.717, 1.165) is 25.0 Å². The molecule has 0 bridgehead atoms. The Labute approximate surface area is 139 Å². The molecule has 1 N–H and O–H groups in total. The molecule has 2 heterocycles. The van der Waals surface area contributed by atoms with Crippen molar-refractivity contribution in [3.8, 4) is 0 Å². The van der Waals surface area contributed by atoms with Gasteiger partial charge in [-0.3, -0.25) is 4.79 Å². The zero-order valence-corrected chi connectivity index (χ0v) is 13.5. The Bertz CT molecular complexity index is 682. The Morgan fingerprint density at radius 2 is 2.25 bits per heavy atom. The molecule has 1 fully saturated rings. The summed E-state index contributed by atoms with van der Waals surface area (Å²) < 4.78 is 20.1. The number of aromatic nitrogens is 4. The van der Waals surface area contributed by atoms with E-state index in [1.54, 1.807) is 19.1 Å². The van der Waals surface area contributed by atoms with E-state index in [2.05, 4.69) is 20.8 Å². The van der Waals surface area contributed by atoms with E-state index < -0.39 is 6.04 Å². The standard InChI is InChI=1S/C16H20FN5O2/c1-11-19-20-21-22(11)15(9-12-4-6-13(17)7-5-12)16(23)18-10-14-3-2-8-24-14/h4-7,14-15H,2-3,8-10H2,1H3,(H,18,23)/t14-,15+/m1/s1. The van der Waals surface area contributed by atoms with Gasteiger partial charge in [-0.1, -0.05) is 12.1 Å². The Hall–Kier alpha value is -2.35. The predicted molar refractivity (Wildman–Crippen MR) is 83.7 cm³/mol. The van der Waals surface area contributed by atoms with Gasteiger partial charge < -0.3 is 10.1 Å². The third-order valence-corrected chi connectivity index (χ3v) is 4.13. The van der Waals surface area contributed by atoms with Gasteiger partial charge in [-0.05, 0) is 47.9 Å². The number of carbonyl (C=O) groups is 1. The number of hydrogen-bond donors (Lipinski definition) is 1. The molecule has 0 spiro atoms. The Kier molecular flexibility index (Phi) is 5.14. The molecule has 24 heavy (non-hydrogen) atoms. The molecule has 1 aliphatic rings. The lowest BCUT2D eigenvalue weighted by Crippen LogP contribution is -2.38. The number of benzene rings is 1. The summed E-state index contributed by atoms with van der Waals surface area (Å²) in [6, 6.07) is 5.49. The Morgan fingerprint density at radius 1 is 1.46 bits per heavy atom. The van der Waals surface area contributed by atoms with Crippen molar-refractivity contribution in [1.82, 2.24) is 25.5 Å². The summed E-state index contributed by atoms with van der Waals surface area (Å²) in [7, 11) is 0. The van der Waals surface area contributed by atoms with Crippen LogP contribution in [0.2, 0.25) is 0 Å². The molecule has 1 aliphatic heterocycles. The van der Waals surface area contributed by atoms with Gasteiger partial charge in [0.1, 0.15) is 17.7 Å². The lowest BCUT2D eigenvalue weighted by molar-refractivity contribution is -0.125. The van der Waals surface area contributed by atoms with Crippen LogP contribution in [0, 0.1) is 12.7 Å². The molecule has 1 aromatic carbocycles. The van der Waals surface area contributed by atoms with Crippen LogP contribution in [0.15, 0.2) is 24.3 Å². The highest BCUT2D eigenvalue weighted by Gasteiger charge is 2.25. The molecule has 0 unspecified atom stereocenters. The summed E-state index contributed by atoms with van der Waals surface area (Å²) in [5, 5.41) is 14.3. The lowest BCUT2D eigenvalue weighted by Gasteiger charge is -2.19. The first kappa shape index (κ1) is 16.5. The number of ether oxygens (including phenoxy) is 1. The normalized spacial score (nSPS) is 18.5. The van der Waals surface area contributed by atoms with E-state index in [-0.39, 0.29) is 17.8 Å². The summed E-state index contributed by atoms with van der Waals surface area (Å²) >= 11 is 0. The molecular formula is C16H20FN5O2. The molecule has 1 saturated heterocycles. The first-order chi connectivity index (χ1) is 11.6. The Morgan fingerprint density at radius 3 is 2.88 bits per heavy atom. The number of nitrogens with one attached hydrogen (secondary N) is 1. The van der Waals surface area contributed by atoms with Crippen molar-refractivity contribution in [2.45, 2.75) is 38.3 Å². The molecule has 2 aromatic rings. The van der Waals surface area contributed by atoms with E-state index >= 15 is 0 Å². The summed E-state index contributed by atoms with van der Waals surface area (Å²) in [5.41, 5.74) is 0.837. The van der Waals surface area contributed by atoms with Crippen molar-refractivity contribution in [3.05, 3.63) is 41.5 Å². The molecular weight excluding hydrogens is 313 g/mol. The maximum atomic E-state index is 13.1. The van der Waals surface area contributed by atoms with E-state index in [4.69, 9.17) is 4.74 Å².